The molecule has 0 saturated carbocycles. The van der Waals surface area contributed by atoms with Gasteiger partial charge in [-0.1, -0.05) is 18.2 Å². The van der Waals surface area contributed by atoms with Gasteiger partial charge in [0.15, 0.2) is 16.7 Å². The van der Waals surface area contributed by atoms with E-state index >= 15 is 0 Å². The van der Waals surface area contributed by atoms with Gasteiger partial charge in [-0.15, -0.1) is 10.2 Å². The summed E-state index contributed by atoms with van der Waals surface area (Å²) in [6.07, 6.45) is 4.35. The summed E-state index contributed by atoms with van der Waals surface area (Å²) in [7, 11) is -3.67. The number of carbonyl (C=O) groups excluding carboxylic acids is 1. The number of aryl methyl sites for hydroxylation is 1. The largest absolute Gasteiger partial charge is 0.486 e. The van der Waals surface area contributed by atoms with Crippen molar-refractivity contribution in [3.05, 3.63) is 24.0 Å². The SMILES string of the molecule is O=C(CSc1nnc2n1CCCCC2)N1CCN(S(=O)(=O)c2ccc3c(c2)OCCO3)CC1. The number of fused-ring (bicyclic) bond motifs is 2. The minimum Gasteiger partial charge on any atom is -0.486 e. The molecule has 0 atom stereocenters. The third-order valence-corrected chi connectivity index (χ3v) is 8.99. The van der Waals surface area contributed by atoms with E-state index < -0.39 is 10.0 Å². The van der Waals surface area contributed by atoms with Crippen molar-refractivity contribution in [1.29, 1.82) is 0 Å². The maximum Gasteiger partial charge on any atom is 0.243 e. The van der Waals surface area contributed by atoms with Crippen molar-refractivity contribution in [2.75, 3.05) is 45.1 Å². The van der Waals surface area contributed by atoms with E-state index in [4.69, 9.17) is 9.47 Å². The normalized spacial score (nSPS) is 19.1. The van der Waals surface area contributed by atoms with Crippen LogP contribution in [-0.2, 0) is 27.8 Å². The lowest BCUT2D eigenvalue weighted by molar-refractivity contribution is -0.129. The van der Waals surface area contributed by atoms with Gasteiger partial charge in [-0.25, -0.2) is 8.42 Å². The number of hydrogen-bond donors (Lipinski definition) is 0. The number of sulfonamides is 1. The molecule has 5 rings (SSSR count). The number of piperazine rings is 1. The Labute approximate surface area is 197 Å². The highest BCUT2D eigenvalue weighted by molar-refractivity contribution is 7.99. The highest BCUT2D eigenvalue weighted by Crippen LogP contribution is 2.33. The highest BCUT2D eigenvalue weighted by atomic mass is 32.2. The summed E-state index contributed by atoms with van der Waals surface area (Å²) in [5, 5.41) is 9.33. The molecule has 1 aromatic heterocycles. The van der Waals surface area contributed by atoms with Gasteiger partial charge in [0.2, 0.25) is 15.9 Å². The molecular formula is C21H27N5O5S2. The van der Waals surface area contributed by atoms with E-state index in [1.807, 2.05) is 0 Å². The molecule has 2 aromatic rings. The predicted molar refractivity (Wildman–Crippen MR) is 121 cm³/mol. The van der Waals surface area contributed by atoms with Crippen molar-refractivity contribution >= 4 is 27.7 Å². The van der Waals surface area contributed by atoms with Gasteiger partial charge in [0.1, 0.15) is 19.0 Å². The average molecular weight is 494 g/mol. The van der Waals surface area contributed by atoms with Crippen LogP contribution in [0.3, 0.4) is 0 Å². The van der Waals surface area contributed by atoms with Crippen molar-refractivity contribution in [3.8, 4) is 11.5 Å². The Balaban J connectivity index is 1.17. The molecular weight excluding hydrogens is 466 g/mol. The van der Waals surface area contributed by atoms with Crippen molar-refractivity contribution in [1.82, 2.24) is 24.0 Å². The van der Waals surface area contributed by atoms with Gasteiger partial charge in [0, 0.05) is 45.2 Å². The number of ether oxygens (including phenoxy) is 2. The molecule has 12 heteroatoms. The van der Waals surface area contributed by atoms with Crippen LogP contribution in [-0.4, -0.2) is 83.4 Å². The molecule has 1 saturated heterocycles. The fourth-order valence-electron chi connectivity index (χ4n) is 4.29. The van der Waals surface area contributed by atoms with Crippen LogP contribution in [0.25, 0.3) is 0 Å². The van der Waals surface area contributed by atoms with Gasteiger partial charge >= 0.3 is 0 Å². The first-order chi connectivity index (χ1) is 16.0. The standard InChI is InChI=1S/C21H27N5O5S2/c27-20(15-32-21-23-22-19-4-2-1-3-7-26(19)21)24-8-10-25(11-9-24)33(28,29)16-5-6-17-18(14-16)31-13-12-30-17/h5-6,14H,1-4,7-13,15H2. The van der Waals surface area contributed by atoms with Gasteiger partial charge in [-0.05, 0) is 25.0 Å². The second-order valence-corrected chi connectivity index (χ2v) is 11.1. The zero-order valence-electron chi connectivity index (χ0n) is 18.3. The summed E-state index contributed by atoms with van der Waals surface area (Å²) in [5.41, 5.74) is 0. The van der Waals surface area contributed by atoms with E-state index in [1.165, 1.54) is 28.6 Å². The summed E-state index contributed by atoms with van der Waals surface area (Å²) in [4.78, 5) is 14.7. The zero-order valence-corrected chi connectivity index (χ0v) is 19.9. The summed E-state index contributed by atoms with van der Waals surface area (Å²) in [6.45, 7) is 2.98. The Bertz CT molecular complexity index is 1130. The van der Waals surface area contributed by atoms with Crippen LogP contribution in [0.5, 0.6) is 11.5 Å². The van der Waals surface area contributed by atoms with Crippen molar-refractivity contribution < 1.29 is 22.7 Å². The Morgan fingerprint density at radius 2 is 1.76 bits per heavy atom. The fourth-order valence-corrected chi connectivity index (χ4v) is 6.62. The maximum absolute atomic E-state index is 13.1. The molecule has 10 nitrogen and oxygen atoms in total. The fraction of sp³-hybridized carbons (Fsp3) is 0.571. The summed E-state index contributed by atoms with van der Waals surface area (Å²) < 4.78 is 40.7. The Morgan fingerprint density at radius 1 is 0.970 bits per heavy atom. The lowest BCUT2D eigenvalue weighted by atomic mass is 10.2. The summed E-state index contributed by atoms with van der Waals surface area (Å²) in [5.74, 6) is 2.26. The van der Waals surface area contributed by atoms with Crippen LogP contribution in [0.15, 0.2) is 28.3 Å². The van der Waals surface area contributed by atoms with Crippen LogP contribution in [0, 0.1) is 0 Å². The molecule has 3 aliphatic heterocycles. The monoisotopic (exact) mass is 493 g/mol. The Kier molecular flexibility index (Phi) is 6.48. The third kappa shape index (κ3) is 4.69. The topological polar surface area (TPSA) is 107 Å². The summed E-state index contributed by atoms with van der Waals surface area (Å²) in [6, 6.07) is 4.68. The van der Waals surface area contributed by atoms with Gasteiger partial charge in [-0.2, -0.15) is 4.31 Å². The first-order valence-corrected chi connectivity index (χ1v) is 13.7. The van der Waals surface area contributed by atoms with E-state index in [2.05, 4.69) is 14.8 Å². The minimum absolute atomic E-state index is 0.0117. The van der Waals surface area contributed by atoms with E-state index in [-0.39, 0.29) is 29.6 Å². The lowest BCUT2D eigenvalue weighted by Crippen LogP contribution is -2.51. The number of carbonyl (C=O) groups is 1. The number of amides is 1. The Hall–Kier alpha value is -2.31. The molecule has 178 valence electrons. The molecule has 1 amide bonds. The second-order valence-electron chi connectivity index (χ2n) is 8.24. The predicted octanol–water partition coefficient (Wildman–Crippen LogP) is 1.40. The quantitative estimate of drug-likeness (QED) is 0.576. The smallest absolute Gasteiger partial charge is 0.243 e. The maximum atomic E-state index is 13.1. The summed E-state index contributed by atoms with van der Waals surface area (Å²) >= 11 is 1.41. The molecule has 0 bridgehead atoms. The molecule has 1 aromatic carbocycles. The van der Waals surface area contributed by atoms with Crippen LogP contribution in [0.1, 0.15) is 25.1 Å². The first-order valence-electron chi connectivity index (χ1n) is 11.2. The number of thioether (sulfide) groups is 1. The van der Waals surface area contributed by atoms with Crippen LogP contribution in [0.4, 0.5) is 0 Å². The van der Waals surface area contributed by atoms with Crippen LogP contribution >= 0.6 is 11.8 Å². The third-order valence-electron chi connectivity index (χ3n) is 6.14. The molecule has 0 spiro atoms. The minimum atomic E-state index is -3.67. The van der Waals surface area contributed by atoms with Gasteiger partial charge < -0.3 is 18.9 Å². The van der Waals surface area contributed by atoms with Gasteiger partial charge in [0.25, 0.3) is 0 Å². The highest BCUT2D eigenvalue weighted by Gasteiger charge is 2.31. The van der Waals surface area contributed by atoms with E-state index in [0.717, 1.165) is 36.8 Å². The zero-order chi connectivity index (χ0) is 22.8. The lowest BCUT2D eigenvalue weighted by Gasteiger charge is -2.34. The molecule has 0 aliphatic carbocycles. The number of hydrogen-bond acceptors (Lipinski definition) is 8. The van der Waals surface area contributed by atoms with Crippen LogP contribution < -0.4 is 9.47 Å². The molecule has 0 radical (unpaired) electrons. The number of rotatable bonds is 5. The van der Waals surface area contributed by atoms with Crippen molar-refractivity contribution in [2.45, 2.75) is 42.3 Å². The second kappa shape index (κ2) is 9.51. The average Bonchev–Trinajstić information content (AvgIpc) is 3.07. The Morgan fingerprint density at radius 3 is 2.58 bits per heavy atom. The van der Waals surface area contributed by atoms with Crippen molar-refractivity contribution in [3.63, 3.8) is 0 Å². The molecule has 3 aliphatic rings. The molecule has 1 fully saturated rings. The first kappa shape index (κ1) is 22.5. The van der Waals surface area contributed by atoms with Crippen LogP contribution in [0.2, 0.25) is 0 Å². The van der Waals surface area contributed by atoms with E-state index in [9.17, 15) is 13.2 Å². The molecule has 0 unspecified atom stereocenters. The van der Waals surface area contributed by atoms with Gasteiger partial charge in [0.05, 0.1) is 10.6 Å². The van der Waals surface area contributed by atoms with Gasteiger partial charge in [-0.3, -0.25) is 4.79 Å². The van der Waals surface area contributed by atoms with Crippen molar-refractivity contribution in [2.24, 2.45) is 0 Å². The molecule has 4 heterocycles. The molecule has 33 heavy (non-hydrogen) atoms. The number of benzene rings is 1. The molecule has 0 N–H and O–H groups in total. The number of nitrogens with zero attached hydrogens (tertiary/aromatic N) is 5. The number of aromatic nitrogens is 3. The van der Waals surface area contributed by atoms with E-state index in [0.29, 0.717) is 37.8 Å². The van der Waals surface area contributed by atoms with E-state index in [1.54, 1.807) is 17.0 Å².